The number of nitrogens with zero attached hydrogens (tertiary/aromatic N) is 15. The normalized spacial score (nSPS) is 15.7. The Kier molecular flexibility index (Phi) is 25.5. The average Bonchev–Trinajstić information content (AvgIpc) is 1.60. The molecule has 12 aromatic rings. The molecule has 3 atom stereocenters. The van der Waals surface area contributed by atoms with E-state index in [1.165, 1.54) is 62.3 Å². The van der Waals surface area contributed by atoms with Crippen molar-refractivity contribution >= 4 is 85.6 Å². The maximum absolute atomic E-state index is 13.3. The molecule has 6 aromatic carbocycles. The smallest absolute Gasteiger partial charge is 0.383 e. The van der Waals surface area contributed by atoms with Crippen LogP contribution in [0.5, 0.6) is 0 Å². The van der Waals surface area contributed by atoms with Gasteiger partial charge in [0.2, 0.25) is 17.7 Å². The number of amides is 3. The van der Waals surface area contributed by atoms with Gasteiger partial charge in [-0.3, -0.25) is 28.8 Å². The van der Waals surface area contributed by atoms with Gasteiger partial charge in [0.15, 0.2) is 34.3 Å². The Morgan fingerprint density at radius 2 is 0.775 bits per heavy atom. The van der Waals surface area contributed by atoms with Crippen LogP contribution in [0.3, 0.4) is 0 Å². The van der Waals surface area contributed by atoms with Crippen molar-refractivity contribution in [3.63, 3.8) is 0 Å². The molecule has 3 aliphatic heterocycles. The number of halogens is 6. The summed E-state index contributed by atoms with van der Waals surface area (Å²) in [6.07, 6.45) is 6.18. The molecule has 6 aromatic heterocycles. The molecule has 3 saturated heterocycles. The Morgan fingerprint density at radius 3 is 1.12 bits per heavy atom. The van der Waals surface area contributed by atoms with Crippen LogP contribution in [0.1, 0.15) is 157 Å². The summed E-state index contributed by atoms with van der Waals surface area (Å²) in [7, 11) is 0. The number of aryl methyl sites for hydroxylation is 6. The maximum atomic E-state index is 13.3. The van der Waals surface area contributed by atoms with E-state index in [1.807, 2.05) is 119 Å². The van der Waals surface area contributed by atoms with Gasteiger partial charge in [0.05, 0.1) is 45.4 Å². The molecule has 3 unspecified atom stereocenters. The van der Waals surface area contributed by atoms with Gasteiger partial charge < -0.3 is 31.9 Å². The van der Waals surface area contributed by atoms with Crippen LogP contribution in [0.4, 0.5) is 43.8 Å². The van der Waals surface area contributed by atoms with E-state index in [0.29, 0.717) is 127 Å². The second kappa shape index (κ2) is 36.2. The first-order valence-corrected chi connectivity index (χ1v) is 39.5. The lowest BCUT2D eigenvalue weighted by Gasteiger charge is -2.32. The van der Waals surface area contributed by atoms with Gasteiger partial charge >= 0.3 is 12.4 Å². The van der Waals surface area contributed by atoms with Gasteiger partial charge in [-0.15, -0.1) is 0 Å². The second-order valence-electron chi connectivity index (χ2n) is 30.2. The fourth-order valence-corrected chi connectivity index (χ4v) is 16.1. The van der Waals surface area contributed by atoms with E-state index >= 15 is 0 Å². The molecule has 6 N–H and O–H groups in total. The average molecular weight is 1630 g/mol. The number of benzene rings is 6. The van der Waals surface area contributed by atoms with Gasteiger partial charge in [-0.05, 0) is 161 Å². The number of piperidine rings is 3. The number of rotatable bonds is 21. The minimum atomic E-state index is -4.51. The number of alkyl halides is 6. The van der Waals surface area contributed by atoms with E-state index in [4.69, 9.17) is 32.5 Å². The Balaban J connectivity index is 0.000000156. The Bertz CT molecular complexity index is 5720. The van der Waals surface area contributed by atoms with Crippen LogP contribution < -0.4 is 17.2 Å². The molecule has 3 fully saturated rings. The number of aromatic nitrogens is 12. The van der Waals surface area contributed by atoms with Crippen molar-refractivity contribution in [2.75, 3.05) is 56.5 Å². The molecule has 15 rings (SSSR count). The lowest BCUT2D eigenvalue weighted by molar-refractivity contribution is -0.138. The van der Waals surface area contributed by atoms with Gasteiger partial charge in [-0.2, -0.15) is 41.6 Å². The Morgan fingerprint density at radius 1 is 0.425 bits per heavy atom. The molecule has 24 nitrogen and oxygen atoms in total. The first-order chi connectivity index (χ1) is 57.5. The number of fused-ring (bicyclic) bond motifs is 3. The second-order valence-corrected chi connectivity index (χ2v) is 30.2. The van der Waals surface area contributed by atoms with Crippen molar-refractivity contribution < 1.29 is 55.1 Å². The van der Waals surface area contributed by atoms with Crippen LogP contribution in [0.15, 0.2) is 184 Å². The molecule has 0 bridgehead atoms. The zero-order valence-corrected chi connectivity index (χ0v) is 66.8. The molecule has 0 aliphatic carbocycles. The van der Waals surface area contributed by atoms with E-state index in [0.717, 1.165) is 107 Å². The van der Waals surface area contributed by atoms with Gasteiger partial charge in [0.1, 0.15) is 53.5 Å². The van der Waals surface area contributed by atoms with Gasteiger partial charge in [-0.1, -0.05) is 129 Å². The number of nitrogen functional groups attached to an aromatic ring is 3. The van der Waals surface area contributed by atoms with Crippen molar-refractivity contribution in [2.24, 2.45) is 0 Å². The third kappa shape index (κ3) is 18.5. The fourth-order valence-electron chi connectivity index (χ4n) is 16.1. The van der Waals surface area contributed by atoms with E-state index in [-0.39, 0.29) is 94.4 Å². The van der Waals surface area contributed by atoms with Crippen LogP contribution in [-0.2, 0) is 46.0 Å². The zero-order chi connectivity index (χ0) is 85.4. The van der Waals surface area contributed by atoms with Gasteiger partial charge in [-0.25, -0.2) is 43.9 Å². The number of hydrogen-bond donors (Lipinski definition) is 3. The van der Waals surface area contributed by atoms with Crippen molar-refractivity contribution in [2.45, 2.75) is 135 Å². The quantitative estimate of drug-likeness (QED) is 0.0342. The predicted molar refractivity (Wildman–Crippen MR) is 447 cm³/mol. The van der Waals surface area contributed by atoms with E-state index in [9.17, 15) is 55.1 Å². The number of carbonyl (C=O) groups is 6. The summed E-state index contributed by atoms with van der Waals surface area (Å²) < 4.78 is 84.7. The standard InChI is InChI=1S/2C30H29F3N6O2.C30H32N6O2/c1-3-25(41)38-15-5-6-21(16-38)39-29-26(28(34)35-17-36-29)27(37-39)20-12-9-19(10-13-20)11-14-24(40)22-7-4-8-23(18(22)2)30(31,32)33;1-3-25(41)38-14-4-5-22(16-38)39-29-26(28(34)35-17-36-29)27(37-39)20-10-7-19(8-11-20)9-13-24(40)23-15-21(30(31,32)33)12-6-18(23)2;1-4-25(38)35-16-6-9-23(17-35)36-30-27(29(31)32-18-33-30)28(34-36)22-13-10-21(11-14-22)12-15-24(37)26-19(2)7-5-8-20(26)3/h3-4,7-10,12-13,17,21H,1,5-6,11,14-16H2,2H3,(H2,34,35,36);3,6-8,10-12,15,17,22H,1,4-5,9,13-14,16H2,2H3,(H2,34,35,36);4-5,7-8,10-11,13-14,18,23H,1,6,9,12,15-17H2,2-3H3,(H2,31,32,33). The first kappa shape index (κ1) is 84.5. The number of anilines is 3. The van der Waals surface area contributed by atoms with Crippen molar-refractivity contribution in [1.82, 2.24) is 73.9 Å². The Hall–Kier alpha value is -13.4. The van der Waals surface area contributed by atoms with Gasteiger partial charge in [0.25, 0.3) is 0 Å². The summed E-state index contributed by atoms with van der Waals surface area (Å²) in [5.74, 6) is 0.0926. The molecule has 0 radical (unpaired) electrons. The molecular weight excluding hydrogens is 1540 g/mol. The highest BCUT2D eigenvalue weighted by molar-refractivity contribution is 6.03. The summed E-state index contributed by atoms with van der Waals surface area (Å²) in [6.45, 7) is 21.2. The highest BCUT2D eigenvalue weighted by Crippen LogP contribution is 2.40. The predicted octanol–water partition coefficient (Wildman–Crippen LogP) is 16.0. The minimum absolute atomic E-state index is 0.0200. The molecule has 0 spiro atoms. The largest absolute Gasteiger partial charge is 0.416 e. The van der Waals surface area contributed by atoms with Crippen LogP contribution in [0, 0.1) is 27.7 Å². The van der Waals surface area contributed by atoms with Crippen molar-refractivity contribution in [3.8, 4) is 33.8 Å². The van der Waals surface area contributed by atoms with Crippen LogP contribution in [0.2, 0.25) is 0 Å². The van der Waals surface area contributed by atoms with Crippen LogP contribution in [0.25, 0.3) is 66.9 Å². The van der Waals surface area contributed by atoms with E-state index in [2.05, 4.69) is 49.6 Å². The molecule has 120 heavy (non-hydrogen) atoms. The maximum Gasteiger partial charge on any atom is 0.416 e. The molecular formula is C90H90F6N18O6. The molecule has 3 aliphatic rings. The van der Waals surface area contributed by atoms with E-state index < -0.39 is 23.5 Å². The van der Waals surface area contributed by atoms with Gasteiger partial charge in [0, 0.05) is 91.9 Å². The number of Topliss-reactive ketones (excluding diaryl/α,β-unsaturated/α-hetero) is 3. The Labute approximate surface area is 687 Å². The highest BCUT2D eigenvalue weighted by Gasteiger charge is 2.36. The molecule has 9 heterocycles. The van der Waals surface area contributed by atoms with E-state index in [1.54, 1.807) is 21.6 Å². The number of hydrogen-bond acceptors (Lipinski definition) is 18. The summed E-state index contributed by atoms with van der Waals surface area (Å²) >= 11 is 0. The highest BCUT2D eigenvalue weighted by atomic mass is 19.4. The summed E-state index contributed by atoms with van der Waals surface area (Å²) in [4.78, 5) is 106. The summed E-state index contributed by atoms with van der Waals surface area (Å²) in [5.41, 5.74) is 29.6. The fraction of sp³-hybridized carbons (Fsp3) is 0.300. The van der Waals surface area contributed by atoms with Crippen molar-refractivity contribution in [1.29, 1.82) is 0 Å². The number of ketones is 3. The topological polar surface area (TPSA) is 321 Å². The third-order valence-corrected chi connectivity index (χ3v) is 22.4. The zero-order valence-electron chi connectivity index (χ0n) is 66.8. The minimum Gasteiger partial charge on any atom is -0.383 e. The third-order valence-electron chi connectivity index (χ3n) is 22.4. The molecule has 30 heteroatoms. The summed E-state index contributed by atoms with van der Waals surface area (Å²) in [6, 6.07) is 35.6. The lowest BCUT2D eigenvalue weighted by Crippen LogP contribution is -2.40. The monoisotopic (exact) mass is 1630 g/mol. The van der Waals surface area contributed by atoms with Crippen LogP contribution >= 0.6 is 0 Å². The molecule has 618 valence electrons. The first-order valence-electron chi connectivity index (χ1n) is 39.5. The number of carbonyl (C=O) groups excluding carboxylic acids is 6. The molecule has 0 saturated carbocycles. The summed E-state index contributed by atoms with van der Waals surface area (Å²) in [5, 5.41) is 16.6. The lowest BCUT2D eigenvalue weighted by atomic mass is 9.95. The van der Waals surface area contributed by atoms with Crippen LogP contribution in [-0.4, -0.2) is 148 Å². The molecule has 3 amide bonds. The number of likely N-dealkylation sites (tertiary alicyclic amines) is 3. The van der Waals surface area contributed by atoms with Crippen molar-refractivity contribution in [3.05, 3.63) is 251 Å². The SMILES string of the molecule is C=CC(=O)N1CCCC(n2nc(-c3ccc(CCC(=O)c4c(C)cccc4C)cc3)c3c(N)ncnc32)C1.C=CC(=O)N1CCCC(n2nc(-c3ccc(CCC(=O)c4cc(C(F)(F)F)ccc4C)cc3)c3c(N)ncnc32)C1.C=CC(=O)N1CCCC(n2nc(-c3ccc(CCC(=O)c4cccc(C(F)(F)F)c4C)cc3)c3c(N)ncnc32)C1. The number of nitrogens with two attached hydrogens (primary N) is 3.